The van der Waals surface area contributed by atoms with Crippen LogP contribution in [0.2, 0.25) is 0 Å². The average molecular weight is 272 g/mol. The molecule has 110 valence electrons. The number of hydrogen-bond acceptors (Lipinski definition) is 3. The molecule has 0 atom stereocenters. The maximum atomic E-state index is 11.5. The smallest absolute Gasteiger partial charge is 0.314 e. The summed E-state index contributed by atoms with van der Waals surface area (Å²) in [6.07, 6.45) is 4.73. The Morgan fingerprint density at radius 2 is 2.00 bits per heavy atom. The predicted octanol–water partition coefficient (Wildman–Crippen LogP) is 1.36. The number of urea groups is 1. The van der Waals surface area contributed by atoms with Gasteiger partial charge in [-0.15, -0.1) is 0 Å². The number of carbonyl (C=O) groups is 2. The van der Waals surface area contributed by atoms with Crippen LogP contribution in [0.25, 0.3) is 0 Å². The molecule has 1 rings (SSSR count). The van der Waals surface area contributed by atoms with E-state index in [0.29, 0.717) is 18.6 Å². The van der Waals surface area contributed by atoms with Crippen molar-refractivity contribution in [1.29, 1.82) is 0 Å². The van der Waals surface area contributed by atoms with E-state index < -0.39 is 5.97 Å². The Kier molecular flexibility index (Phi) is 6.62. The lowest BCUT2D eigenvalue weighted by Gasteiger charge is -2.15. The summed E-state index contributed by atoms with van der Waals surface area (Å²) in [5, 5.41) is 14.0. The van der Waals surface area contributed by atoms with Crippen LogP contribution >= 0.6 is 0 Å². The number of rotatable bonds is 10. The van der Waals surface area contributed by atoms with Gasteiger partial charge in [0.2, 0.25) is 0 Å². The van der Waals surface area contributed by atoms with Gasteiger partial charge in [0.05, 0.1) is 19.6 Å². The van der Waals surface area contributed by atoms with Crippen LogP contribution in [0.1, 0.15) is 39.0 Å². The van der Waals surface area contributed by atoms with Crippen LogP contribution < -0.4 is 10.6 Å². The molecule has 0 aromatic heterocycles. The predicted molar refractivity (Wildman–Crippen MR) is 71.0 cm³/mol. The molecular weight excluding hydrogens is 248 g/mol. The largest absolute Gasteiger partial charge is 0.481 e. The van der Waals surface area contributed by atoms with Crippen LogP contribution in [-0.2, 0) is 9.53 Å². The van der Waals surface area contributed by atoms with E-state index in [0.717, 1.165) is 13.0 Å². The number of amides is 2. The number of nitrogens with one attached hydrogen (secondary N) is 2. The minimum absolute atomic E-state index is 0.00820. The first kappa shape index (κ1) is 15.8. The minimum Gasteiger partial charge on any atom is -0.481 e. The van der Waals surface area contributed by atoms with Crippen LogP contribution in [0.3, 0.4) is 0 Å². The standard InChI is InChI=1S/C13H24N2O4/c1-2-4-13(5-6-13)10-15-12(18)14-7-9-19-8-3-11(16)17/h2-10H2,1H3,(H,16,17)(H2,14,15,18). The van der Waals surface area contributed by atoms with E-state index in [1.165, 1.54) is 19.3 Å². The van der Waals surface area contributed by atoms with E-state index >= 15 is 0 Å². The van der Waals surface area contributed by atoms with E-state index in [4.69, 9.17) is 9.84 Å². The fraction of sp³-hybridized carbons (Fsp3) is 0.846. The maximum absolute atomic E-state index is 11.5. The van der Waals surface area contributed by atoms with Crippen LogP contribution in [-0.4, -0.2) is 43.4 Å². The third kappa shape index (κ3) is 7.00. The zero-order valence-electron chi connectivity index (χ0n) is 11.5. The van der Waals surface area contributed by atoms with Gasteiger partial charge in [0.25, 0.3) is 0 Å². The Morgan fingerprint density at radius 3 is 2.58 bits per heavy atom. The summed E-state index contributed by atoms with van der Waals surface area (Å²) in [6, 6.07) is -0.177. The van der Waals surface area contributed by atoms with Gasteiger partial charge in [-0.05, 0) is 24.7 Å². The molecule has 0 spiro atoms. The SMILES string of the molecule is CCCC1(CNC(=O)NCCOCCC(=O)O)CC1. The Morgan fingerprint density at radius 1 is 1.26 bits per heavy atom. The molecule has 1 saturated carbocycles. The van der Waals surface area contributed by atoms with Crippen molar-refractivity contribution in [3.05, 3.63) is 0 Å². The van der Waals surface area contributed by atoms with Gasteiger partial charge in [-0.2, -0.15) is 0 Å². The first-order chi connectivity index (χ1) is 9.08. The molecule has 0 aliphatic heterocycles. The lowest BCUT2D eigenvalue weighted by atomic mass is 10.0. The molecule has 2 amide bonds. The number of hydrogen-bond donors (Lipinski definition) is 3. The zero-order chi connectivity index (χ0) is 14.1. The Bertz CT molecular complexity index is 303. The minimum atomic E-state index is -0.878. The molecular formula is C13H24N2O4. The summed E-state index contributed by atoms with van der Waals surface area (Å²) < 4.78 is 5.07. The fourth-order valence-electron chi connectivity index (χ4n) is 2.05. The molecule has 3 N–H and O–H groups in total. The number of carbonyl (C=O) groups excluding carboxylic acids is 1. The molecule has 6 heteroatoms. The fourth-order valence-corrected chi connectivity index (χ4v) is 2.05. The highest BCUT2D eigenvalue weighted by Crippen LogP contribution is 2.48. The monoisotopic (exact) mass is 272 g/mol. The molecule has 0 heterocycles. The van der Waals surface area contributed by atoms with Crippen molar-refractivity contribution in [2.24, 2.45) is 5.41 Å². The summed E-state index contributed by atoms with van der Waals surface area (Å²) in [5.74, 6) is -0.878. The number of carboxylic acid groups (broad SMARTS) is 1. The first-order valence-corrected chi connectivity index (χ1v) is 6.89. The van der Waals surface area contributed by atoms with E-state index in [1.54, 1.807) is 0 Å². The lowest BCUT2D eigenvalue weighted by molar-refractivity contribution is -0.138. The second-order valence-electron chi connectivity index (χ2n) is 5.12. The molecule has 1 aliphatic carbocycles. The van der Waals surface area contributed by atoms with Crippen molar-refractivity contribution in [2.45, 2.75) is 39.0 Å². The number of aliphatic carboxylic acids is 1. The molecule has 0 bridgehead atoms. The van der Waals surface area contributed by atoms with E-state index in [9.17, 15) is 9.59 Å². The topological polar surface area (TPSA) is 87.7 Å². The van der Waals surface area contributed by atoms with Gasteiger partial charge in [0, 0.05) is 13.1 Å². The zero-order valence-corrected chi connectivity index (χ0v) is 11.5. The number of ether oxygens (including phenoxy) is 1. The van der Waals surface area contributed by atoms with Gasteiger partial charge in [-0.3, -0.25) is 4.79 Å². The summed E-state index contributed by atoms with van der Waals surface area (Å²) in [7, 11) is 0. The van der Waals surface area contributed by atoms with Gasteiger partial charge in [0.15, 0.2) is 0 Å². The van der Waals surface area contributed by atoms with Crippen molar-refractivity contribution in [2.75, 3.05) is 26.3 Å². The van der Waals surface area contributed by atoms with E-state index in [1.807, 2.05) is 0 Å². The van der Waals surface area contributed by atoms with E-state index in [2.05, 4.69) is 17.6 Å². The summed E-state index contributed by atoms with van der Waals surface area (Å²) in [4.78, 5) is 21.7. The highest BCUT2D eigenvalue weighted by atomic mass is 16.5. The van der Waals surface area contributed by atoms with Gasteiger partial charge in [-0.25, -0.2) is 4.79 Å². The highest BCUT2D eigenvalue weighted by molar-refractivity contribution is 5.73. The van der Waals surface area contributed by atoms with Crippen molar-refractivity contribution in [1.82, 2.24) is 10.6 Å². The third-order valence-corrected chi connectivity index (χ3v) is 3.35. The Hall–Kier alpha value is -1.30. The van der Waals surface area contributed by atoms with Crippen LogP contribution in [0.15, 0.2) is 0 Å². The summed E-state index contributed by atoms with van der Waals surface area (Å²) >= 11 is 0. The van der Waals surface area contributed by atoms with Gasteiger partial charge in [-0.1, -0.05) is 13.3 Å². The molecule has 0 aromatic carbocycles. The van der Waals surface area contributed by atoms with Crippen LogP contribution in [0.4, 0.5) is 4.79 Å². The normalized spacial score (nSPS) is 15.8. The molecule has 1 fully saturated rings. The lowest BCUT2D eigenvalue weighted by Crippen LogP contribution is -2.40. The maximum Gasteiger partial charge on any atom is 0.314 e. The van der Waals surface area contributed by atoms with Crippen LogP contribution in [0, 0.1) is 5.41 Å². The Balaban J connectivity index is 1.95. The van der Waals surface area contributed by atoms with Crippen molar-refractivity contribution in [3.63, 3.8) is 0 Å². The molecule has 0 radical (unpaired) electrons. The number of carboxylic acids is 1. The van der Waals surface area contributed by atoms with Gasteiger partial charge < -0.3 is 20.5 Å². The van der Waals surface area contributed by atoms with Crippen molar-refractivity contribution in [3.8, 4) is 0 Å². The first-order valence-electron chi connectivity index (χ1n) is 6.89. The third-order valence-electron chi connectivity index (χ3n) is 3.35. The van der Waals surface area contributed by atoms with E-state index in [-0.39, 0.29) is 19.1 Å². The van der Waals surface area contributed by atoms with Crippen molar-refractivity contribution < 1.29 is 19.4 Å². The highest BCUT2D eigenvalue weighted by Gasteiger charge is 2.41. The van der Waals surface area contributed by atoms with Gasteiger partial charge in [0.1, 0.15) is 0 Å². The Labute approximate surface area is 113 Å². The summed E-state index contributed by atoms with van der Waals surface area (Å²) in [5.41, 5.74) is 0.351. The molecule has 0 aromatic rings. The second-order valence-corrected chi connectivity index (χ2v) is 5.12. The molecule has 0 saturated heterocycles. The van der Waals surface area contributed by atoms with Crippen LogP contribution in [0.5, 0.6) is 0 Å². The molecule has 1 aliphatic rings. The molecule has 19 heavy (non-hydrogen) atoms. The molecule has 0 unspecified atom stereocenters. The van der Waals surface area contributed by atoms with Gasteiger partial charge >= 0.3 is 12.0 Å². The quantitative estimate of drug-likeness (QED) is 0.524. The second kappa shape index (κ2) is 7.99. The average Bonchev–Trinajstić information content (AvgIpc) is 3.12. The summed E-state index contributed by atoms with van der Waals surface area (Å²) in [6.45, 7) is 3.81. The van der Waals surface area contributed by atoms with Crippen molar-refractivity contribution >= 4 is 12.0 Å². The molecule has 6 nitrogen and oxygen atoms in total.